The van der Waals surface area contributed by atoms with Crippen LogP contribution in [0, 0.1) is 0 Å². The summed E-state index contributed by atoms with van der Waals surface area (Å²) in [6.07, 6.45) is 1.26. The molecule has 1 heterocycles. The van der Waals surface area contributed by atoms with Gasteiger partial charge in [-0.25, -0.2) is 4.98 Å². The van der Waals surface area contributed by atoms with Gasteiger partial charge in [0.25, 0.3) is 0 Å². The van der Waals surface area contributed by atoms with E-state index in [9.17, 15) is 10.2 Å². The fraction of sp³-hybridized carbons (Fsp3) is 0.615. The molecule has 0 aliphatic heterocycles. The van der Waals surface area contributed by atoms with Gasteiger partial charge in [0.15, 0.2) is 0 Å². The van der Waals surface area contributed by atoms with Crippen LogP contribution in [-0.4, -0.2) is 34.9 Å². The van der Waals surface area contributed by atoms with E-state index in [0.29, 0.717) is 6.42 Å². The van der Waals surface area contributed by atoms with E-state index in [2.05, 4.69) is 4.98 Å². The van der Waals surface area contributed by atoms with Gasteiger partial charge < -0.3 is 15.1 Å². The first-order chi connectivity index (χ1) is 8.06. The molecule has 0 saturated heterocycles. The van der Waals surface area contributed by atoms with Crippen molar-refractivity contribution >= 4 is 5.82 Å². The average molecular weight is 238 g/mol. The lowest BCUT2D eigenvalue weighted by molar-refractivity contribution is 0.187. The molecule has 1 aromatic heterocycles. The van der Waals surface area contributed by atoms with Crippen molar-refractivity contribution in [2.45, 2.75) is 39.4 Å². The summed E-state index contributed by atoms with van der Waals surface area (Å²) < 4.78 is 0. The molecule has 1 unspecified atom stereocenters. The number of hydrogen-bond acceptors (Lipinski definition) is 4. The van der Waals surface area contributed by atoms with Gasteiger partial charge in [-0.3, -0.25) is 0 Å². The van der Waals surface area contributed by atoms with Gasteiger partial charge in [0.05, 0.1) is 12.7 Å². The van der Waals surface area contributed by atoms with Gasteiger partial charge in [0.1, 0.15) is 5.82 Å². The van der Waals surface area contributed by atoms with Crippen LogP contribution in [-0.2, 0) is 13.0 Å². The molecule has 0 fully saturated rings. The van der Waals surface area contributed by atoms with Gasteiger partial charge in [-0.05, 0) is 37.5 Å². The predicted molar refractivity (Wildman–Crippen MR) is 69.1 cm³/mol. The van der Waals surface area contributed by atoms with Crippen molar-refractivity contribution in [1.29, 1.82) is 0 Å². The third-order valence-corrected chi connectivity index (χ3v) is 2.74. The molecule has 17 heavy (non-hydrogen) atoms. The lowest BCUT2D eigenvalue weighted by Crippen LogP contribution is -2.23. The van der Waals surface area contributed by atoms with Gasteiger partial charge in [-0.1, -0.05) is 6.92 Å². The van der Waals surface area contributed by atoms with Crippen molar-refractivity contribution in [2.75, 3.05) is 18.5 Å². The van der Waals surface area contributed by atoms with Crippen molar-refractivity contribution in [3.8, 4) is 0 Å². The SMILES string of the molecule is CCc1cc(CO)cc(N(C)CCC(C)O)n1. The van der Waals surface area contributed by atoms with Crippen molar-refractivity contribution in [1.82, 2.24) is 4.98 Å². The molecule has 1 aromatic rings. The highest BCUT2D eigenvalue weighted by atomic mass is 16.3. The molecule has 0 radical (unpaired) electrons. The van der Waals surface area contributed by atoms with Crippen molar-refractivity contribution in [3.63, 3.8) is 0 Å². The van der Waals surface area contributed by atoms with Crippen molar-refractivity contribution < 1.29 is 10.2 Å². The standard InChI is InChI=1S/C13H22N2O2/c1-4-12-7-11(9-16)8-13(14-12)15(3)6-5-10(2)17/h7-8,10,16-17H,4-6,9H2,1-3H3. The molecule has 0 bridgehead atoms. The largest absolute Gasteiger partial charge is 0.393 e. The van der Waals surface area contributed by atoms with E-state index in [1.807, 2.05) is 31.0 Å². The maximum Gasteiger partial charge on any atom is 0.128 e. The molecule has 1 atom stereocenters. The Morgan fingerprint density at radius 1 is 1.41 bits per heavy atom. The summed E-state index contributed by atoms with van der Waals surface area (Å²) in [5.74, 6) is 0.856. The van der Waals surface area contributed by atoms with E-state index in [4.69, 9.17) is 0 Å². The fourth-order valence-corrected chi connectivity index (χ4v) is 1.60. The molecule has 0 saturated carbocycles. The molecule has 2 N–H and O–H groups in total. The number of aliphatic hydroxyl groups excluding tert-OH is 2. The first-order valence-electron chi connectivity index (χ1n) is 6.06. The van der Waals surface area contributed by atoms with Crippen LogP contribution in [0.1, 0.15) is 31.5 Å². The third-order valence-electron chi connectivity index (χ3n) is 2.74. The van der Waals surface area contributed by atoms with Crippen LogP contribution in [0.2, 0.25) is 0 Å². The second-order valence-corrected chi connectivity index (χ2v) is 4.40. The number of pyridine rings is 1. The predicted octanol–water partition coefficient (Wildman–Crippen LogP) is 1.34. The highest BCUT2D eigenvalue weighted by molar-refractivity contribution is 5.41. The minimum Gasteiger partial charge on any atom is -0.393 e. The van der Waals surface area contributed by atoms with Crippen LogP contribution >= 0.6 is 0 Å². The Labute approximate surface area is 103 Å². The van der Waals surface area contributed by atoms with Crippen LogP contribution in [0.3, 0.4) is 0 Å². The van der Waals surface area contributed by atoms with Gasteiger partial charge in [-0.2, -0.15) is 0 Å². The molecule has 0 spiro atoms. The minimum absolute atomic E-state index is 0.0345. The zero-order valence-electron chi connectivity index (χ0n) is 10.8. The number of hydrogen-bond donors (Lipinski definition) is 2. The molecule has 4 heteroatoms. The molecule has 1 rings (SSSR count). The fourth-order valence-electron chi connectivity index (χ4n) is 1.60. The van der Waals surface area contributed by atoms with Crippen molar-refractivity contribution in [3.05, 3.63) is 23.4 Å². The van der Waals surface area contributed by atoms with E-state index in [-0.39, 0.29) is 12.7 Å². The van der Waals surface area contributed by atoms with E-state index in [0.717, 1.165) is 30.0 Å². The Morgan fingerprint density at radius 3 is 2.65 bits per heavy atom. The Bertz CT molecular complexity index is 331. The first kappa shape index (κ1) is 13.9. The van der Waals surface area contributed by atoms with Gasteiger partial charge in [0, 0.05) is 19.3 Å². The summed E-state index contributed by atoms with van der Waals surface area (Å²) >= 11 is 0. The molecule has 0 aliphatic carbocycles. The first-order valence-corrected chi connectivity index (χ1v) is 6.06. The zero-order chi connectivity index (χ0) is 12.8. The van der Waals surface area contributed by atoms with Crippen LogP contribution in [0.4, 0.5) is 5.82 Å². The summed E-state index contributed by atoms with van der Waals surface area (Å²) in [4.78, 5) is 6.52. The van der Waals surface area contributed by atoms with Crippen molar-refractivity contribution in [2.24, 2.45) is 0 Å². The van der Waals surface area contributed by atoms with E-state index in [1.165, 1.54) is 0 Å². The van der Waals surface area contributed by atoms with Crippen LogP contribution < -0.4 is 4.90 Å². The number of aliphatic hydroxyl groups is 2. The normalized spacial score (nSPS) is 12.5. The van der Waals surface area contributed by atoms with Gasteiger partial charge >= 0.3 is 0 Å². The highest BCUT2D eigenvalue weighted by Gasteiger charge is 2.07. The molecule has 0 aromatic carbocycles. The topological polar surface area (TPSA) is 56.6 Å². The summed E-state index contributed by atoms with van der Waals surface area (Å²) in [6.45, 7) is 4.61. The molecular formula is C13H22N2O2. The summed E-state index contributed by atoms with van der Waals surface area (Å²) in [5, 5.41) is 18.5. The Morgan fingerprint density at radius 2 is 2.12 bits per heavy atom. The maximum atomic E-state index is 9.26. The number of aromatic nitrogens is 1. The molecule has 4 nitrogen and oxygen atoms in total. The Balaban J connectivity index is 2.80. The van der Waals surface area contributed by atoms with Crippen LogP contribution in [0.5, 0.6) is 0 Å². The van der Waals surface area contributed by atoms with E-state index < -0.39 is 0 Å². The second-order valence-electron chi connectivity index (χ2n) is 4.40. The lowest BCUT2D eigenvalue weighted by atomic mass is 10.2. The van der Waals surface area contributed by atoms with Crippen LogP contribution in [0.25, 0.3) is 0 Å². The number of rotatable bonds is 6. The lowest BCUT2D eigenvalue weighted by Gasteiger charge is -2.20. The number of nitrogens with zero attached hydrogens (tertiary/aromatic N) is 2. The van der Waals surface area contributed by atoms with E-state index in [1.54, 1.807) is 6.92 Å². The van der Waals surface area contributed by atoms with Crippen LogP contribution in [0.15, 0.2) is 12.1 Å². The molecule has 0 aliphatic rings. The minimum atomic E-state index is -0.302. The summed E-state index contributed by atoms with van der Waals surface area (Å²) in [6, 6.07) is 3.81. The van der Waals surface area contributed by atoms with Gasteiger partial charge in [-0.15, -0.1) is 0 Å². The Hall–Kier alpha value is -1.13. The third kappa shape index (κ3) is 4.32. The zero-order valence-corrected chi connectivity index (χ0v) is 10.8. The molecular weight excluding hydrogens is 216 g/mol. The molecule has 0 amide bonds. The smallest absolute Gasteiger partial charge is 0.128 e. The maximum absolute atomic E-state index is 9.26. The average Bonchev–Trinajstić information content (AvgIpc) is 2.34. The summed E-state index contributed by atoms with van der Waals surface area (Å²) in [5.41, 5.74) is 1.87. The van der Waals surface area contributed by atoms with Gasteiger partial charge in [0.2, 0.25) is 0 Å². The number of aryl methyl sites for hydroxylation is 1. The quantitative estimate of drug-likeness (QED) is 0.785. The second kappa shape index (κ2) is 6.57. The highest BCUT2D eigenvalue weighted by Crippen LogP contribution is 2.15. The number of anilines is 1. The Kier molecular flexibility index (Phi) is 5.38. The van der Waals surface area contributed by atoms with E-state index >= 15 is 0 Å². The molecule has 96 valence electrons. The monoisotopic (exact) mass is 238 g/mol. The summed E-state index contributed by atoms with van der Waals surface area (Å²) in [7, 11) is 1.95.